The summed E-state index contributed by atoms with van der Waals surface area (Å²) in [6.45, 7) is 4.32. The highest BCUT2D eigenvalue weighted by atomic mass is 35.5. The minimum absolute atomic E-state index is 0. The van der Waals surface area contributed by atoms with E-state index in [1.807, 2.05) is 11.8 Å². The van der Waals surface area contributed by atoms with E-state index in [0.29, 0.717) is 35.7 Å². The number of aromatic nitrogens is 2. The largest absolute Gasteiger partial charge is 0.480 e. The lowest BCUT2D eigenvalue weighted by Crippen LogP contribution is -2.29. The summed E-state index contributed by atoms with van der Waals surface area (Å²) < 4.78 is 10.5. The Kier molecular flexibility index (Phi) is 6.56. The predicted octanol–water partition coefficient (Wildman–Crippen LogP) is 2.00. The standard InChI is InChI=1S/C16H22N4O3S.ClH/c1-9-12-14(23-3)18-11(8-22-2)19-15(12)24-13(9)16(21)20-5-4-10(6-17)7-20;/h10H,4-8,17H2,1-3H3;1H. The summed E-state index contributed by atoms with van der Waals surface area (Å²) in [6.07, 6.45) is 0.966. The van der Waals surface area contributed by atoms with Gasteiger partial charge in [0.2, 0.25) is 5.88 Å². The van der Waals surface area contributed by atoms with Crippen LogP contribution in [-0.2, 0) is 11.3 Å². The van der Waals surface area contributed by atoms with Gasteiger partial charge >= 0.3 is 0 Å². The van der Waals surface area contributed by atoms with E-state index < -0.39 is 0 Å². The van der Waals surface area contributed by atoms with Gasteiger partial charge in [0.15, 0.2) is 5.82 Å². The minimum Gasteiger partial charge on any atom is -0.480 e. The number of hydrogen-bond acceptors (Lipinski definition) is 7. The Morgan fingerprint density at radius 2 is 2.16 bits per heavy atom. The van der Waals surface area contributed by atoms with E-state index in [9.17, 15) is 4.79 Å². The Labute approximate surface area is 156 Å². The van der Waals surface area contributed by atoms with E-state index >= 15 is 0 Å². The monoisotopic (exact) mass is 386 g/mol. The van der Waals surface area contributed by atoms with Crippen LogP contribution >= 0.6 is 23.7 Å². The first-order valence-corrected chi connectivity index (χ1v) is 8.73. The van der Waals surface area contributed by atoms with Crippen molar-refractivity contribution in [3.63, 3.8) is 0 Å². The van der Waals surface area contributed by atoms with Crippen LogP contribution in [0.1, 0.15) is 27.5 Å². The number of nitrogens with zero attached hydrogens (tertiary/aromatic N) is 3. The fourth-order valence-electron chi connectivity index (χ4n) is 3.04. The molecule has 138 valence electrons. The number of hydrogen-bond donors (Lipinski definition) is 1. The summed E-state index contributed by atoms with van der Waals surface area (Å²) in [5.74, 6) is 1.47. The van der Waals surface area contributed by atoms with E-state index in [1.165, 1.54) is 11.3 Å². The zero-order valence-corrected chi connectivity index (χ0v) is 16.2. The van der Waals surface area contributed by atoms with Crippen LogP contribution in [0.5, 0.6) is 5.88 Å². The van der Waals surface area contributed by atoms with Gasteiger partial charge in [-0.25, -0.2) is 4.98 Å². The SMILES string of the molecule is COCc1nc(OC)c2c(C)c(C(=O)N3CCC(CN)C3)sc2n1.Cl. The lowest BCUT2D eigenvalue weighted by Gasteiger charge is -2.15. The fraction of sp³-hybridized carbons (Fsp3) is 0.562. The molecule has 1 saturated heterocycles. The van der Waals surface area contributed by atoms with Crippen LogP contribution in [0.3, 0.4) is 0 Å². The number of likely N-dealkylation sites (tertiary alicyclic amines) is 1. The molecule has 2 N–H and O–H groups in total. The third-order valence-electron chi connectivity index (χ3n) is 4.37. The molecule has 1 unspecified atom stereocenters. The van der Waals surface area contributed by atoms with Gasteiger partial charge in [-0.2, -0.15) is 4.98 Å². The Morgan fingerprint density at radius 3 is 2.76 bits per heavy atom. The van der Waals surface area contributed by atoms with Crippen molar-refractivity contribution < 1.29 is 14.3 Å². The van der Waals surface area contributed by atoms with Crippen LogP contribution in [0.25, 0.3) is 10.2 Å². The molecule has 3 heterocycles. The molecule has 25 heavy (non-hydrogen) atoms. The Morgan fingerprint density at radius 1 is 1.40 bits per heavy atom. The first kappa shape index (κ1) is 19.8. The average molecular weight is 387 g/mol. The van der Waals surface area contributed by atoms with Crippen molar-refractivity contribution in [3.05, 3.63) is 16.3 Å². The van der Waals surface area contributed by atoms with Gasteiger partial charge in [-0.15, -0.1) is 23.7 Å². The quantitative estimate of drug-likeness (QED) is 0.845. The highest BCUT2D eigenvalue weighted by Gasteiger charge is 2.29. The zero-order chi connectivity index (χ0) is 17.3. The van der Waals surface area contributed by atoms with Gasteiger partial charge in [-0.05, 0) is 31.4 Å². The molecule has 2 aromatic rings. The number of rotatable bonds is 5. The van der Waals surface area contributed by atoms with Crippen LogP contribution in [0.2, 0.25) is 0 Å². The number of amides is 1. The van der Waals surface area contributed by atoms with Crippen molar-refractivity contribution in [2.24, 2.45) is 11.7 Å². The van der Waals surface area contributed by atoms with Crippen molar-refractivity contribution in [1.82, 2.24) is 14.9 Å². The molecule has 1 amide bonds. The number of halogens is 1. The average Bonchev–Trinajstić information content (AvgIpc) is 3.19. The minimum atomic E-state index is 0. The van der Waals surface area contributed by atoms with E-state index in [0.717, 1.165) is 35.3 Å². The van der Waals surface area contributed by atoms with Crippen molar-refractivity contribution in [2.75, 3.05) is 33.9 Å². The summed E-state index contributed by atoms with van der Waals surface area (Å²) in [5.41, 5.74) is 6.60. The second-order valence-corrected chi connectivity index (χ2v) is 6.96. The molecular formula is C16H23ClN4O3S. The van der Waals surface area contributed by atoms with E-state index in [1.54, 1.807) is 14.2 Å². The summed E-state index contributed by atoms with van der Waals surface area (Å²) >= 11 is 1.39. The molecular weight excluding hydrogens is 364 g/mol. The summed E-state index contributed by atoms with van der Waals surface area (Å²) in [6, 6.07) is 0. The smallest absolute Gasteiger partial charge is 0.264 e. The number of ether oxygens (including phenoxy) is 2. The molecule has 3 rings (SSSR count). The number of thiophene rings is 1. The van der Waals surface area contributed by atoms with Crippen molar-refractivity contribution >= 4 is 39.9 Å². The topological polar surface area (TPSA) is 90.6 Å². The molecule has 1 fully saturated rings. The van der Waals surface area contributed by atoms with Crippen LogP contribution in [-0.4, -0.2) is 54.6 Å². The second-order valence-electron chi connectivity index (χ2n) is 5.96. The molecule has 1 aliphatic rings. The van der Waals surface area contributed by atoms with Gasteiger partial charge in [0.1, 0.15) is 11.4 Å². The summed E-state index contributed by atoms with van der Waals surface area (Å²) in [5, 5.41) is 0.806. The van der Waals surface area contributed by atoms with E-state index in [-0.39, 0.29) is 18.3 Å². The van der Waals surface area contributed by atoms with Crippen LogP contribution in [0, 0.1) is 12.8 Å². The lowest BCUT2D eigenvalue weighted by atomic mass is 10.1. The van der Waals surface area contributed by atoms with Crippen LogP contribution in [0.15, 0.2) is 0 Å². The van der Waals surface area contributed by atoms with Crippen molar-refractivity contribution in [1.29, 1.82) is 0 Å². The molecule has 1 atom stereocenters. The molecule has 2 aromatic heterocycles. The molecule has 9 heteroatoms. The molecule has 0 bridgehead atoms. The third kappa shape index (κ3) is 3.72. The number of nitrogens with two attached hydrogens (primary N) is 1. The fourth-order valence-corrected chi connectivity index (χ4v) is 4.20. The van der Waals surface area contributed by atoms with Crippen molar-refractivity contribution in [2.45, 2.75) is 20.0 Å². The number of carbonyl (C=O) groups is 1. The van der Waals surface area contributed by atoms with Gasteiger partial charge < -0.3 is 20.1 Å². The van der Waals surface area contributed by atoms with E-state index in [4.69, 9.17) is 15.2 Å². The van der Waals surface area contributed by atoms with E-state index in [2.05, 4.69) is 9.97 Å². The molecule has 0 radical (unpaired) electrons. The van der Waals surface area contributed by atoms with Crippen LogP contribution < -0.4 is 10.5 Å². The maximum absolute atomic E-state index is 12.9. The molecule has 7 nitrogen and oxygen atoms in total. The van der Waals surface area contributed by atoms with Gasteiger partial charge in [0.05, 0.1) is 17.4 Å². The third-order valence-corrected chi connectivity index (χ3v) is 5.54. The second kappa shape index (κ2) is 8.27. The summed E-state index contributed by atoms with van der Waals surface area (Å²) in [4.78, 5) is 25.1. The molecule has 0 spiro atoms. The number of fused-ring (bicyclic) bond motifs is 1. The van der Waals surface area contributed by atoms with Crippen molar-refractivity contribution in [3.8, 4) is 5.88 Å². The molecule has 0 aliphatic carbocycles. The normalized spacial score (nSPS) is 17.0. The number of methoxy groups -OCH3 is 2. The molecule has 0 saturated carbocycles. The Balaban J connectivity index is 0.00000225. The maximum atomic E-state index is 12.9. The van der Waals surface area contributed by atoms with Gasteiger partial charge in [-0.3, -0.25) is 4.79 Å². The van der Waals surface area contributed by atoms with Crippen LogP contribution in [0.4, 0.5) is 0 Å². The van der Waals surface area contributed by atoms with Gasteiger partial charge in [0.25, 0.3) is 5.91 Å². The first-order chi connectivity index (χ1) is 11.6. The Bertz CT molecular complexity index is 767. The molecule has 0 aromatic carbocycles. The number of carbonyl (C=O) groups excluding carboxylic acids is 1. The lowest BCUT2D eigenvalue weighted by molar-refractivity contribution is 0.0792. The highest BCUT2D eigenvalue weighted by molar-refractivity contribution is 7.20. The predicted molar refractivity (Wildman–Crippen MR) is 99.7 cm³/mol. The highest BCUT2D eigenvalue weighted by Crippen LogP contribution is 2.36. The van der Waals surface area contributed by atoms with Gasteiger partial charge in [-0.1, -0.05) is 0 Å². The first-order valence-electron chi connectivity index (χ1n) is 7.91. The molecule has 1 aliphatic heterocycles. The Hall–Kier alpha value is -1.48. The maximum Gasteiger partial charge on any atom is 0.264 e. The summed E-state index contributed by atoms with van der Waals surface area (Å²) in [7, 11) is 3.17. The zero-order valence-electron chi connectivity index (χ0n) is 14.6. The number of aryl methyl sites for hydroxylation is 1. The van der Waals surface area contributed by atoms with Gasteiger partial charge in [0, 0.05) is 20.2 Å².